The molecule has 0 saturated carbocycles. The number of rotatable bonds is 8. The summed E-state index contributed by atoms with van der Waals surface area (Å²) in [6.07, 6.45) is -9.40. The number of hydrogen-bond acceptors (Lipinski definition) is 9. The van der Waals surface area contributed by atoms with Gasteiger partial charge in [-0.3, -0.25) is 31.9 Å². The maximum Gasteiger partial charge on any atom is 0.416 e. The number of nitro benzene ring substituents is 2. The second-order valence-corrected chi connectivity index (χ2v) is 9.73. The normalized spacial score (nSPS) is 11.7. The molecular formula is C26H16Cl2F6N6O5. The van der Waals surface area contributed by atoms with Crippen LogP contribution in [0.1, 0.15) is 11.1 Å². The van der Waals surface area contributed by atoms with Crippen molar-refractivity contribution in [2.45, 2.75) is 12.4 Å². The van der Waals surface area contributed by atoms with Gasteiger partial charge in [0.2, 0.25) is 0 Å². The molecule has 0 unspecified atom stereocenters. The molecule has 45 heavy (non-hydrogen) atoms. The van der Waals surface area contributed by atoms with Crippen LogP contribution >= 0.6 is 23.2 Å². The van der Waals surface area contributed by atoms with Gasteiger partial charge in [-0.05, 0) is 47.5 Å². The zero-order valence-corrected chi connectivity index (χ0v) is 23.4. The third kappa shape index (κ3) is 6.51. The van der Waals surface area contributed by atoms with Crippen molar-refractivity contribution in [3.8, 4) is 33.8 Å². The van der Waals surface area contributed by atoms with Crippen LogP contribution in [-0.2, 0) is 12.4 Å². The molecule has 0 atom stereocenters. The number of ether oxygens (including phenoxy) is 1. The van der Waals surface area contributed by atoms with Crippen molar-refractivity contribution in [1.29, 1.82) is 0 Å². The zero-order valence-electron chi connectivity index (χ0n) is 21.9. The summed E-state index contributed by atoms with van der Waals surface area (Å²) in [4.78, 5) is 22.2. The van der Waals surface area contributed by atoms with Crippen LogP contribution in [0.15, 0.2) is 60.7 Å². The van der Waals surface area contributed by atoms with E-state index in [1.54, 1.807) is 0 Å². The van der Waals surface area contributed by atoms with Gasteiger partial charge in [0.15, 0.2) is 11.4 Å². The van der Waals surface area contributed by atoms with Crippen molar-refractivity contribution in [3.63, 3.8) is 0 Å². The monoisotopic (exact) mass is 676 g/mol. The summed E-state index contributed by atoms with van der Waals surface area (Å²) in [6.45, 7) is 0. The maximum absolute atomic E-state index is 13.1. The van der Waals surface area contributed by atoms with Crippen LogP contribution < -0.4 is 27.3 Å². The maximum atomic E-state index is 13.1. The van der Waals surface area contributed by atoms with Gasteiger partial charge in [0.1, 0.15) is 21.5 Å². The van der Waals surface area contributed by atoms with E-state index in [1.807, 2.05) is 0 Å². The van der Waals surface area contributed by atoms with Gasteiger partial charge >= 0.3 is 23.7 Å². The molecule has 0 saturated heterocycles. The fourth-order valence-corrected chi connectivity index (χ4v) is 4.75. The highest BCUT2D eigenvalue weighted by molar-refractivity contribution is 6.36. The molecule has 0 aliphatic rings. The first-order valence-electron chi connectivity index (χ1n) is 12.0. The van der Waals surface area contributed by atoms with Crippen LogP contribution in [0.5, 0.6) is 11.5 Å². The molecule has 11 nitrogen and oxygen atoms in total. The third-order valence-corrected chi connectivity index (χ3v) is 7.08. The molecule has 0 fully saturated rings. The second kappa shape index (κ2) is 12.3. The number of hydrogen-bond donors (Lipinski definition) is 4. The molecule has 0 amide bonds. The van der Waals surface area contributed by atoms with E-state index in [-0.39, 0.29) is 22.3 Å². The average molecular weight is 677 g/mol. The van der Waals surface area contributed by atoms with Crippen LogP contribution in [0.2, 0.25) is 10.0 Å². The van der Waals surface area contributed by atoms with E-state index < -0.39 is 77.6 Å². The highest BCUT2D eigenvalue weighted by atomic mass is 35.5. The highest BCUT2D eigenvalue weighted by Crippen LogP contribution is 2.51. The lowest BCUT2D eigenvalue weighted by Crippen LogP contribution is -2.12. The zero-order chi connectivity index (χ0) is 33.4. The Hall–Kier alpha value is -4.84. The minimum Gasteiger partial charge on any atom is -0.454 e. The van der Waals surface area contributed by atoms with E-state index in [0.29, 0.717) is 24.3 Å². The second-order valence-electron chi connectivity index (χ2n) is 8.97. The molecule has 6 N–H and O–H groups in total. The summed E-state index contributed by atoms with van der Waals surface area (Å²) in [5, 5.41) is 23.0. The molecule has 236 valence electrons. The quantitative estimate of drug-likeness (QED) is 0.0617. The van der Waals surface area contributed by atoms with Gasteiger partial charge in [0.25, 0.3) is 0 Å². The van der Waals surface area contributed by atoms with Gasteiger partial charge in [-0.2, -0.15) is 26.3 Å². The minimum absolute atomic E-state index is 0.0859. The number of hydrazine groups is 2. The lowest BCUT2D eigenvalue weighted by molar-refractivity contribution is -0.383. The lowest BCUT2D eigenvalue weighted by Gasteiger charge is -2.18. The summed E-state index contributed by atoms with van der Waals surface area (Å²) in [6, 6.07) is 8.58. The van der Waals surface area contributed by atoms with E-state index >= 15 is 0 Å². The van der Waals surface area contributed by atoms with Crippen molar-refractivity contribution in [1.82, 2.24) is 0 Å². The number of nitrogens with zero attached hydrogens (tertiary/aromatic N) is 2. The van der Waals surface area contributed by atoms with Crippen LogP contribution in [0.25, 0.3) is 22.3 Å². The van der Waals surface area contributed by atoms with Gasteiger partial charge < -0.3 is 15.6 Å². The van der Waals surface area contributed by atoms with Crippen LogP contribution in [0.4, 0.5) is 49.1 Å². The highest BCUT2D eigenvalue weighted by Gasteiger charge is 2.34. The predicted octanol–water partition coefficient (Wildman–Crippen LogP) is 8.54. The first-order valence-corrected chi connectivity index (χ1v) is 12.7. The fraction of sp³-hybridized carbons (Fsp3) is 0.0769. The number of alkyl halides is 6. The molecule has 0 radical (unpaired) electrons. The molecule has 0 heterocycles. The minimum atomic E-state index is -4.70. The first kappa shape index (κ1) is 33.1. The Labute approximate surface area is 257 Å². The largest absolute Gasteiger partial charge is 0.454 e. The smallest absolute Gasteiger partial charge is 0.416 e. The number of anilines is 2. The predicted molar refractivity (Wildman–Crippen MR) is 153 cm³/mol. The number of nitrogens with one attached hydrogen (secondary N) is 2. The molecule has 0 spiro atoms. The van der Waals surface area contributed by atoms with E-state index in [9.17, 15) is 46.6 Å². The number of nitrogens with two attached hydrogens (primary N) is 2. The van der Waals surface area contributed by atoms with E-state index in [0.717, 1.165) is 36.4 Å². The molecule has 0 aromatic heterocycles. The Kier molecular flexibility index (Phi) is 9.02. The van der Waals surface area contributed by atoms with Crippen molar-refractivity contribution in [2.24, 2.45) is 11.7 Å². The van der Waals surface area contributed by atoms with Crippen molar-refractivity contribution in [3.05, 3.63) is 102 Å². The van der Waals surface area contributed by atoms with Gasteiger partial charge in [-0.15, -0.1) is 0 Å². The van der Waals surface area contributed by atoms with E-state index in [1.165, 1.54) is 0 Å². The van der Waals surface area contributed by atoms with Crippen molar-refractivity contribution >= 4 is 46.0 Å². The summed E-state index contributed by atoms with van der Waals surface area (Å²) < 4.78 is 84.5. The summed E-state index contributed by atoms with van der Waals surface area (Å²) in [7, 11) is 0. The van der Waals surface area contributed by atoms with Crippen molar-refractivity contribution in [2.75, 3.05) is 10.9 Å². The lowest BCUT2D eigenvalue weighted by atomic mass is 9.99. The third-order valence-electron chi connectivity index (χ3n) is 6.33. The number of halogens is 8. The molecule has 0 aliphatic carbocycles. The van der Waals surface area contributed by atoms with Gasteiger partial charge in [0.05, 0.1) is 32.1 Å². The summed E-state index contributed by atoms with van der Waals surface area (Å²) in [5.74, 6) is 10.2. The van der Waals surface area contributed by atoms with Gasteiger partial charge in [0, 0.05) is 0 Å². The number of benzene rings is 4. The summed E-state index contributed by atoms with van der Waals surface area (Å²) in [5.41, 5.74) is -1.27. The molecule has 4 rings (SSSR count). The van der Waals surface area contributed by atoms with Crippen LogP contribution in [-0.4, -0.2) is 9.85 Å². The Balaban J connectivity index is 1.95. The van der Waals surface area contributed by atoms with Crippen LogP contribution in [0.3, 0.4) is 0 Å². The van der Waals surface area contributed by atoms with Crippen molar-refractivity contribution < 1.29 is 40.9 Å². The van der Waals surface area contributed by atoms with Crippen LogP contribution in [0, 0.1) is 20.2 Å². The average Bonchev–Trinajstić information content (AvgIpc) is 2.97. The molecule has 19 heteroatoms. The number of nitro groups is 2. The Morgan fingerprint density at radius 3 is 1.20 bits per heavy atom. The molecule has 0 bridgehead atoms. The Morgan fingerprint density at radius 2 is 0.956 bits per heavy atom. The summed E-state index contributed by atoms with van der Waals surface area (Å²) >= 11 is 12.7. The Morgan fingerprint density at radius 1 is 0.644 bits per heavy atom. The van der Waals surface area contributed by atoms with Gasteiger partial charge in [-0.25, -0.2) is 0 Å². The first-order chi connectivity index (χ1) is 21.0. The topological polar surface area (TPSA) is 172 Å². The van der Waals surface area contributed by atoms with E-state index in [2.05, 4.69) is 10.9 Å². The molecule has 4 aromatic rings. The number of nitrogen functional groups attached to an aromatic ring is 2. The molecular weight excluding hydrogens is 661 g/mol. The fourth-order valence-electron chi connectivity index (χ4n) is 4.28. The van der Waals surface area contributed by atoms with E-state index in [4.69, 9.17) is 39.6 Å². The SMILES string of the molecule is NNc1c(Cl)c(Oc2cc(-c3ccc(C(F)(F)F)cc3)c([N+](=O)[O-])c(NN)c2Cl)cc(-c2ccc(C(F)(F)F)cc2)c1[N+](=O)[O-]. The molecule has 4 aromatic carbocycles. The van der Waals surface area contributed by atoms with Gasteiger partial charge in [-0.1, -0.05) is 47.5 Å². The standard InChI is InChI=1S/C26H16Cl2F6N6O5/c27-19-17(9-15(23(39(41)42)21(19)37-35)11-1-5-13(6-2-11)25(29,30)31)45-18-10-16(24(40(43)44)22(38-36)20(18)28)12-3-7-14(8-4-12)26(32,33)34/h1-10,37-38H,35-36H2. The molecule has 0 aliphatic heterocycles. The Bertz CT molecular complexity index is 1670.